The minimum absolute atomic E-state index is 0.113. The van der Waals surface area contributed by atoms with E-state index in [1.54, 1.807) is 38.2 Å². The van der Waals surface area contributed by atoms with E-state index >= 15 is 0 Å². The third-order valence-electron chi connectivity index (χ3n) is 5.12. The number of carbonyl (C=O) groups is 2. The highest BCUT2D eigenvalue weighted by Gasteiger charge is 2.30. The van der Waals surface area contributed by atoms with Crippen molar-refractivity contribution >= 4 is 27.6 Å². The van der Waals surface area contributed by atoms with Crippen LogP contribution in [0.25, 0.3) is 0 Å². The summed E-state index contributed by atoms with van der Waals surface area (Å²) in [7, 11) is -2.01. The first-order valence-electron chi connectivity index (χ1n) is 9.97. The first-order chi connectivity index (χ1) is 14.2. The zero-order chi connectivity index (χ0) is 21.9. The Kier molecular flexibility index (Phi) is 6.62. The number of hydrogen-bond acceptors (Lipinski definition) is 5. The van der Waals surface area contributed by atoms with Crippen molar-refractivity contribution < 1.29 is 22.7 Å². The summed E-state index contributed by atoms with van der Waals surface area (Å²) < 4.78 is 33.9. The zero-order valence-corrected chi connectivity index (χ0v) is 18.2. The van der Waals surface area contributed by atoms with Crippen molar-refractivity contribution in [3.05, 3.63) is 47.8 Å². The van der Waals surface area contributed by atoms with E-state index in [0.717, 1.165) is 12.8 Å². The molecule has 0 spiro atoms. The van der Waals surface area contributed by atoms with Gasteiger partial charge in [-0.3, -0.25) is 4.79 Å². The maximum absolute atomic E-state index is 13.0. The fraction of sp³-hybridized carbons (Fsp3) is 0.429. The summed E-state index contributed by atoms with van der Waals surface area (Å²) in [5.74, 6) is -0.549. The Hall–Kier alpha value is -2.65. The molecule has 3 rings (SSSR count). The van der Waals surface area contributed by atoms with E-state index < -0.39 is 21.9 Å². The number of carbonyl (C=O) groups excluding carboxylic acids is 2. The number of benzene rings is 1. The number of nitrogens with zero attached hydrogens (tertiary/aromatic N) is 2. The molecular weight excluding hydrogens is 406 g/mol. The third-order valence-corrected chi connectivity index (χ3v) is 6.95. The molecule has 1 N–H and O–H groups in total. The summed E-state index contributed by atoms with van der Waals surface area (Å²) in [6.07, 6.45) is 3.32. The van der Waals surface area contributed by atoms with Gasteiger partial charge in [0.05, 0.1) is 12.2 Å². The Bertz CT molecular complexity index is 1030. The SMILES string of the molecule is CCOC(=O)c1ccc(NC(=O)c2cc(S(=O)(=O)N3CCC[C@H](C)C3)cn2C)cc1. The smallest absolute Gasteiger partial charge is 0.338 e. The highest BCUT2D eigenvalue weighted by molar-refractivity contribution is 7.89. The van der Waals surface area contributed by atoms with E-state index in [-0.39, 0.29) is 17.2 Å². The predicted octanol–water partition coefficient (Wildman–Crippen LogP) is 2.87. The van der Waals surface area contributed by atoms with Gasteiger partial charge in [-0.2, -0.15) is 4.31 Å². The Morgan fingerprint density at radius 2 is 1.93 bits per heavy atom. The summed E-state index contributed by atoms with van der Waals surface area (Å²) in [5.41, 5.74) is 1.11. The molecule has 0 radical (unpaired) electrons. The van der Waals surface area contributed by atoms with Crippen LogP contribution in [-0.4, -0.2) is 48.9 Å². The van der Waals surface area contributed by atoms with Crippen LogP contribution in [0.15, 0.2) is 41.4 Å². The van der Waals surface area contributed by atoms with Gasteiger partial charge in [0.25, 0.3) is 5.91 Å². The standard InChI is InChI=1S/C21H27N3O5S/c1-4-29-21(26)16-7-9-17(10-8-16)22-20(25)19-12-18(14-23(19)3)30(27,28)24-11-5-6-15(2)13-24/h7-10,12,14-15H,4-6,11,13H2,1-3H3,(H,22,25)/t15-/m0/s1. The van der Waals surface area contributed by atoms with E-state index in [9.17, 15) is 18.0 Å². The number of nitrogens with one attached hydrogen (secondary N) is 1. The van der Waals surface area contributed by atoms with E-state index in [1.807, 2.05) is 6.92 Å². The van der Waals surface area contributed by atoms with Crippen LogP contribution >= 0.6 is 0 Å². The van der Waals surface area contributed by atoms with Gasteiger partial charge in [0.2, 0.25) is 10.0 Å². The molecule has 2 heterocycles. The van der Waals surface area contributed by atoms with Crippen molar-refractivity contribution in [2.24, 2.45) is 13.0 Å². The molecule has 8 nitrogen and oxygen atoms in total. The molecule has 0 aliphatic carbocycles. The predicted molar refractivity (Wildman–Crippen MR) is 113 cm³/mol. The lowest BCUT2D eigenvalue weighted by Crippen LogP contribution is -2.38. The van der Waals surface area contributed by atoms with E-state index in [4.69, 9.17) is 4.74 Å². The van der Waals surface area contributed by atoms with Gasteiger partial charge in [-0.1, -0.05) is 6.92 Å². The van der Waals surface area contributed by atoms with Gasteiger partial charge in [-0.05, 0) is 56.0 Å². The topological polar surface area (TPSA) is 97.7 Å². The van der Waals surface area contributed by atoms with Crippen LogP contribution in [0.4, 0.5) is 5.69 Å². The Morgan fingerprint density at radius 3 is 2.57 bits per heavy atom. The first kappa shape index (κ1) is 22.0. The largest absolute Gasteiger partial charge is 0.462 e. The number of rotatable bonds is 6. The van der Waals surface area contributed by atoms with Gasteiger partial charge in [0.15, 0.2) is 0 Å². The Labute approximate surface area is 176 Å². The molecule has 1 saturated heterocycles. The molecule has 162 valence electrons. The molecular formula is C21H27N3O5S. The lowest BCUT2D eigenvalue weighted by atomic mass is 10.0. The lowest BCUT2D eigenvalue weighted by Gasteiger charge is -2.29. The van der Waals surface area contributed by atoms with E-state index in [1.165, 1.54) is 21.1 Å². The zero-order valence-electron chi connectivity index (χ0n) is 17.4. The fourth-order valence-electron chi connectivity index (χ4n) is 3.51. The van der Waals surface area contributed by atoms with Gasteiger partial charge in [-0.25, -0.2) is 13.2 Å². The normalized spacial score (nSPS) is 17.5. The summed E-state index contributed by atoms with van der Waals surface area (Å²) in [6.45, 7) is 5.04. The number of anilines is 1. The molecule has 1 fully saturated rings. The van der Waals surface area contributed by atoms with Crippen LogP contribution in [0.5, 0.6) is 0 Å². The van der Waals surface area contributed by atoms with Crippen LogP contribution < -0.4 is 5.32 Å². The molecule has 0 bridgehead atoms. The van der Waals surface area contributed by atoms with Gasteiger partial charge in [-0.15, -0.1) is 0 Å². The molecule has 0 saturated carbocycles. The van der Waals surface area contributed by atoms with Crippen molar-refractivity contribution in [2.75, 3.05) is 25.0 Å². The quantitative estimate of drug-likeness (QED) is 0.707. The molecule has 1 aromatic heterocycles. The molecule has 2 aromatic rings. The number of aromatic nitrogens is 1. The molecule has 1 aromatic carbocycles. The molecule has 0 unspecified atom stereocenters. The number of esters is 1. The minimum atomic E-state index is -3.64. The van der Waals surface area contributed by atoms with Crippen molar-refractivity contribution in [3.8, 4) is 0 Å². The summed E-state index contributed by atoms with van der Waals surface area (Å²) in [5, 5.41) is 2.73. The molecule has 9 heteroatoms. The number of aryl methyl sites for hydroxylation is 1. The van der Waals surface area contributed by atoms with Crippen LogP contribution in [0.1, 0.15) is 47.5 Å². The molecule has 1 amide bonds. The second-order valence-electron chi connectivity index (χ2n) is 7.53. The van der Waals surface area contributed by atoms with Crippen molar-refractivity contribution in [3.63, 3.8) is 0 Å². The first-order valence-corrected chi connectivity index (χ1v) is 11.4. The van der Waals surface area contributed by atoms with Crippen LogP contribution in [-0.2, 0) is 21.8 Å². The Balaban J connectivity index is 1.74. The van der Waals surface area contributed by atoms with Gasteiger partial charge in [0.1, 0.15) is 10.6 Å². The second-order valence-corrected chi connectivity index (χ2v) is 9.47. The molecule has 30 heavy (non-hydrogen) atoms. The number of ether oxygens (including phenoxy) is 1. The van der Waals surface area contributed by atoms with Crippen molar-refractivity contribution in [1.82, 2.24) is 8.87 Å². The van der Waals surface area contributed by atoms with Gasteiger partial charge in [0, 0.05) is 32.0 Å². The Morgan fingerprint density at radius 1 is 1.23 bits per heavy atom. The lowest BCUT2D eigenvalue weighted by molar-refractivity contribution is 0.0526. The minimum Gasteiger partial charge on any atom is -0.462 e. The maximum atomic E-state index is 13.0. The number of amides is 1. The fourth-order valence-corrected chi connectivity index (χ4v) is 5.18. The molecule has 1 atom stereocenters. The average Bonchev–Trinajstić information content (AvgIpc) is 3.11. The van der Waals surface area contributed by atoms with Crippen LogP contribution in [0.2, 0.25) is 0 Å². The van der Waals surface area contributed by atoms with Crippen molar-refractivity contribution in [2.45, 2.75) is 31.6 Å². The number of sulfonamides is 1. The second kappa shape index (κ2) is 9.01. The summed E-state index contributed by atoms with van der Waals surface area (Å²) >= 11 is 0. The van der Waals surface area contributed by atoms with E-state index in [2.05, 4.69) is 5.32 Å². The number of hydrogen-bond donors (Lipinski definition) is 1. The molecule has 1 aliphatic heterocycles. The molecule has 1 aliphatic rings. The van der Waals surface area contributed by atoms with E-state index in [0.29, 0.717) is 30.3 Å². The summed E-state index contributed by atoms with van der Waals surface area (Å²) in [4.78, 5) is 24.5. The maximum Gasteiger partial charge on any atom is 0.338 e. The van der Waals surface area contributed by atoms with Gasteiger partial charge < -0.3 is 14.6 Å². The average molecular weight is 434 g/mol. The highest BCUT2D eigenvalue weighted by Crippen LogP contribution is 2.25. The number of piperidine rings is 1. The summed E-state index contributed by atoms with van der Waals surface area (Å²) in [6, 6.07) is 7.72. The highest BCUT2D eigenvalue weighted by atomic mass is 32.2. The van der Waals surface area contributed by atoms with Gasteiger partial charge >= 0.3 is 5.97 Å². The monoisotopic (exact) mass is 433 g/mol. The van der Waals surface area contributed by atoms with Crippen LogP contribution in [0, 0.1) is 5.92 Å². The third kappa shape index (κ3) is 4.73. The van der Waals surface area contributed by atoms with Crippen molar-refractivity contribution in [1.29, 1.82) is 0 Å². The van der Waals surface area contributed by atoms with Crippen LogP contribution in [0.3, 0.4) is 0 Å².